The summed E-state index contributed by atoms with van der Waals surface area (Å²) in [5.74, 6) is -0.607. The molecule has 0 aromatic carbocycles. The van der Waals surface area contributed by atoms with Crippen LogP contribution in [0.5, 0.6) is 0 Å². The monoisotopic (exact) mass is 335 g/mol. The molecule has 1 aliphatic rings. The second-order valence-corrected chi connectivity index (χ2v) is 10.8. The third-order valence-electron chi connectivity index (χ3n) is 3.33. The van der Waals surface area contributed by atoms with E-state index in [1.807, 2.05) is 0 Å². The Kier molecular flexibility index (Phi) is 4.66. The fourth-order valence-electron chi connectivity index (χ4n) is 2.34. The van der Waals surface area contributed by atoms with Crippen LogP contribution in [0.1, 0.15) is 22.5 Å². The number of carbonyl (C=O) groups is 1. The molecule has 1 amide bonds. The van der Waals surface area contributed by atoms with E-state index >= 15 is 0 Å². The number of hydrogen-bond acceptors (Lipinski definition) is 3. The maximum absolute atomic E-state index is 12.9. The van der Waals surface area contributed by atoms with Crippen LogP contribution in [0.15, 0.2) is 6.20 Å². The molecule has 124 valence electrons. The van der Waals surface area contributed by atoms with E-state index in [1.54, 1.807) is 0 Å². The number of hydrogen-bond donors (Lipinski definition) is 0. The number of nitrogens with zero attached hydrogens (tertiary/aromatic N) is 3. The second-order valence-electron chi connectivity index (χ2n) is 6.25. The van der Waals surface area contributed by atoms with Gasteiger partial charge in [0.1, 0.15) is 5.69 Å². The zero-order valence-electron chi connectivity index (χ0n) is 12.9. The van der Waals surface area contributed by atoms with Gasteiger partial charge in [-0.3, -0.25) is 4.79 Å². The van der Waals surface area contributed by atoms with Crippen molar-refractivity contribution in [3.8, 4) is 0 Å². The van der Waals surface area contributed by atoms with Crippen molar-refractivity contribution in [2.24, 2.45) is 0 Å². The van der Waals surface area contributed by atoms with E-state index in [2.05, 4.69) is 24.7 Å². The van der Waals surface area contributed by atoms with E-state index in [0.29, 0.717) is 38.1 Å². The molecule has 0 radical (unpaired) electrons. The predicted octanol–water partition coefficient (Wildman–Crippen LogP) is 2.60. The molecule has 2 rings (SSSR count). The molecule has 2 heterocycles. The van der Waals surface area contributed by atoms with Gasteiger partial charge >= 0.3 is 6.30 Å². The molecular weight excluding hydrogens is 315 g/mol. The number of alkyl halides is 3. The average Bonchev–Trinajstić information content (AvgIpc) is 2.80. The molecule has 9 heteroatoms. The Balaban J connectivity index is 2.01. The fraction of sp³-hybridized carbons (Fsp3) is 0.692. The van der Waals surface area contributed by atoms with Gasteiger partial charge in [-0.05, 0) is 32.5 Å². The number of halogens is 3. The maximum atomic E-state index is 12.9. The number of aromatic nitrogens is 2. The highest BCUT2D eigenvalue weighted by molar-refractivity contribution is 6.69. The normalized spacial score (nSPS) is 16.1. The SMILES string of the molecule is C[Si](C)(C)OCCCN1CCc2cnn(C(F)(F)F)c2C1=O. The maximum Gasteiger partial charge on any atom is 0.505 e. The standard InChI is InChI=1S/C13H20F3N3O2Si/c1-22(2,3)21-8-4-6-18-7-5-10-9-17-19(13(14,15)16)11(10)12(18)20/h9H,4-8H2,1-3H3. The van der Waals surface area contributed by atoms with Crippen LogP contribution in [0.25, 0.3) is 0 Å². The zero-order valence-corrected chi connectivity index (χ0v) is 13.9. The highest BCUT2D eigenvalue weighted by atomic mass is 28.4. The van der Waals surface area contributed by atoms with Gasteiger partial charge in [0, 0.05) is 25.3 Å². The minimum atomic E-state index is -4.67. The molecule has 0 bridgehead atoms. The first-order valence-electron chi connectivity index (χ1n) is 7.17. The van der Waals surface area contributed by atoms with Gasteiger partial charge < -0.3 is 9.33 Å². The third kappa shape index (κ3) is 3.89. The molecule has 0 saturated heterocycles. The third-order valence-corrected chi connectivity index (χ3v) is 4.40. The Labute approximate surface area is 128 Å². The lowest BCUT2D eigenvalue weighted by molar-refractivity contribution is -0.213. The number of fused-ring (bicyclic) bond motifs is 1. The number of amides is 1. The Morgan fingerprint density at radius 1 is 1.36 bits per heavy atom. The molecule has 0 saturated carbocycles. The first-order chi connectivity index (χ1) is 10.1. The average molecular weight is 335 g/mol. The van der Waals surface area contributed by atoms with Crippen LogP contribution in [0, 0.1) is 0 Å². The Bertz CT molecular complexity index is 552. The molecular formula is C13H20F3N3O2Si. The van der Waals surface area contributed by atoms with Crippen molar-refractivity contribution in [2.45, 2.75) is 38.8 Å². The molecule has 1 aromatic heterocycles. The number of rotatable bonds is 5. The van der Waals surface area contributed by atoms with Crippen LogP contribution in [0.2, 0.25) is 19.6 Å². The molecule has 0 spiro atoms. The summed E-state index contributed by atoms with van der Waals surface area (Å²) in [6, 6.07) is 0. The second kappa shape index (κ2) is 6.03. The Hall–Kier alpha value is -1.35. The molecule has 0 fully saturated rings. The van der Waals surface area contributed by atoms with Gasteiger partial charge in [-0.15, -0.1) is 13.2 Å². The largest absolute Gasteiger partial charge is 0.505 e. The van der Waals surface area contributed by atoms with Crippen LogP contribution >= 0.6 is 0 Å². The minimum absolute atomic E-state index is 0.130. The van der Waals surface area contributed by atoms with Gasteiger partial charge in [0.2, 0.25) is 0 Å². The summed E-state index contributed by atoms with van der Waals surface area (Å²) in [6.07, 6.45) is -2.53. The van der Waals surface area contributed by atoms with Crippen molar-refractivity contribution in [2.75, 3.05) is 19.7 Å². The number of carbonyl (C=O) groups excluding carboxylic acids is 1. The zero-order chi connectivity index (χ0) is 16.5. The first kappa shape index (κ1) is 17.0. The molecule has 0 atom stereocenters. The smallest absolute Gasteiger partial charge is 0.418 e. The summed E-state index contributed by atoms with van der Waals surface area (Å²) in [4.78, 5) is 13.7. The molecule has 0 aliphatic carbocycles. The van der Waals surface area contributed by atoms with Crippen molar-refractivity contribution in [3.05, 3.63) is 17.5 Å². The van der Waals surface area contributed by atoms with Gasteiger partial charge in [0.25, 0.3) is 5.91 Å². The van der Waals surface area contributed by atoms with Gasteiger partial charge in [-0.1, -0.05) is 0 Å². The minimum Gasteiger partial charge on any atom is -0.418 e. The molecule has 1 aromatic rings. The fourth-order valence-corrected chi connectivity index (χ4v) is 3.10. The van der Waals surface area contributed by atoms with Crippen molar-refractivity contribution < 1.29 is 22.4 Å². The lowest BCUT2D eigenvalue weighted by atomic mass is 10.1. The van der Waals surface area contributed by atoms with Gasteiger partial charge in [-0.25, -0.2) is 0 Å². The Morgan fingerprint density at radius 2 is 2.05 bits per heavy atom. The first-order valence-corrected chi connectivity index (χ1v) is 10.6. The molecule has 5 nitrogen and oxygen atoms in total. The summed E-state index contributed by atoms with van der Waals surface area (Å²) >= 11 is 0. The van der Waals surface area contributed by atoms with Crippen LogP contribution in [0.3, 0.4) is 0 Å². The van der Waals surface area contributed by atoms with Crippen molar-refractivity contribution >= 4 is 14.2 Å². The topological polar surface area (TPSA) is 47.4 Å². The Morgan fingerprint density at radius 3 is 2.64 bits per heavy atom. The lowest BCUT2D eigenvalue weighted by Gasteiger charge is -2.28. The summed E-state index contributed by atoms with van der Waals surface area (Å²) in [7, 11) is -1.61. The van der Waals surface area contributed by atoms with E-state index in [-0.39, 0.29) is 10.4 Å². The van der Waals surface area contributed by atoms with E-state index in [0.717, 1.165) is 6.20 Å². The van der Waals surface area contributed by atoms with Crippen LogP contribution in [0.4, 0.5) is 13.2 Å². The van der Waals surface area contributed by atoms with E-state index in [9.17, 15) is 18.0 Å². The molecule has 0 unspecified atom stereocenters. The van der Waals surface area contributed by atoms with E-state index in [4.69, 9.17) is 4.43 Å². The highest BCUT2D eigenvalue weighted by Crippen LogP contribution is 2.28. The van der Waals surface area contributed by atoms with Crippen LogP contribution in [-0.4, -0.2) is 48.6 Å². The van der Waals surface area contributed by atoms with Crippen molar-refractivity contribution in [1.29, 1.82) is 0 Å². The molecule has 22 heavy (non-hydrogen) atoms. The summed E-state index contributed by atoms with van der Waals surface area (Å²) in [5.41, 5.74) is 0.00166. The quantitative estimate of drug-likeness (QED) is 0.614. The van der Waals surface area contributed by atoms with Crippen LogP contribution in [-0.2, 0) is 17.1 Å². The van der Waals surface area contributed by atoms with E-state index < -0.39 is 20.5 Å². The van der Waals surface area contributed by atoms with Crippen molar-refractivity contribution in [1.82, 2.24) is 14.7 Å². The van der Waals surface area contributed by atoms with Crippen molar-refractivity contribution in [3.63, 3.8) is 0 Å². The van der Waals surface area contributed by atoms with Gasteiger partial charge in [-0.2, -0.15) is 9.78 Å². The highest BCUT2D eigenvalue weighted by Gasteiger charge is 2.40. The van der Waals surface area contributed by atoms with E-state index in [1.165, 1.54) is 4.90 Å². The molecule has 0 N–H and O–H groups in total. The predicted molar refractivity (Wildman–Crippen MR) is 77.0 cm³/mol. The van der Waals surface area contributed by atoms with Gasteiger partial charge in [0.05, 0.1) is 6.20 Å². The molecule has 1 aliphatic heterocycles. The van der Waals surface area contributed by atoms with Crippen LogP contribution < -0.4 is 0 Å². The summed E-state index contributed by atoms with van der Waals surface area (Å²) in [5, 5.41) is 3.31. The summed E-state index contributed by atoms with van der Waals surface area (Å²) in [6.45, 7) is 7.52. The lowest BCUT2D eigenvalue weighted by Crippen LogP contribution is -2.41. The van der Waals surface area contributed by atoms with Gasteiger partial charge in [0.15, 0.2) is 8.32 Å². The summed E-state index contributed by atoms with van der Waals surface area (Å²) < 4.78 is 44.1.